The van der Waals surface area contributed by atoms with Crippen LogP contribution in [0.25, 0.3) is 5.65 Å². The third-order valence-electron chi connectivity index (χ3n) is 4.48. The van der Waals surface area contributed by atoms with E-state index in [4.69, 9.17) is 0 Å². The highest BCUT2D eigenvalue weighted by Crippen LogP contribution is 2.16. The van der Waals surface area contributed by atoms with Gasteiger partial charge in [0.2, 0.25) is 0 Å². The van der Waals surface area contributed by atoms with Crippen LogP contribution in [0.3, 0.4) is 0 Å². The summed E-state index contributed by atoms with van der Waals surface area (Å²) < 4.78 is 4.03. The average Bonchev–Trinajstić information content (AvgIpc) is 3.23. The van der Waals surface area contributed by atoms with E-state index in [2.05, 4.69) is 34.4 Å². The summed E-state index contributed by atoms with van der Waals surface area (Å²) >= 11 is 0. The van der Waals surface area contributed by atoms with Crippen LogP contribution in [0.5, 0.6) is 0 Å². The molecule has 1 saturated heterocycles. The maximum absolute atomic E-state index is 4.49. The summed E-state index contributed by atoms with van der Waals surface area (Å²) in [6, 6.07) is 0. The summed E-state index contributed by atoms with van der Waals surface area (Å²) in [6.07, 6.45) is 10.5. The number of hydrogen-bond acceptors (Lipinski definition) is 6. The van der Waals surface area contributed by atoms with Gasteiger partial charge < -0.3 is 9.47 Å². The standard InChI is InChI=1S/C16H22N8/c1-14-19-15-11-18-12-16(24(15)20-14)23-9-7-21(8-10-23)4-2-5-22-6-3-17-13-22/h3,6,11-13H,2,4-5,7-10H2,1H3. The van der Waals surface area contributed by atoms with Crippen molar-refractivity contribution in [1.29, 1.82) is 0 Å². The number of nitrogens with zero attached hydrogens (tertiary/aromatic N) is 8. The van der Waals surface area contributed by atoms with Crippen molar-refractivity contribution in [1.82, 2.24) is 34.0 Å². The van der Waals surface area contributed by atoms with Gasteiger partial charge in [-0.3, -0.25) is 9.88 Å². The van der Waals surface area contributed by atoms with Crippen molar-refractivity contribution in [3.63, 3.8) is 0 Å². The van der Waals surface area contributed by atoms with Crippen LogP contribution in [0.2, 0.25) is 0 Å². The minimum absolute atomic E-state index is 0.780. The fourth-order valence-electron chi connectivity index (χ4n) is 3.22. The predicted molar refractivity (Wildman–Crippen MR) is 91.0 cm³/mol. The summed E-state index contributed by atoms with van der Waals surface area (Å²) in [7, 11) is 0. The van der Waals surface area contributed by atoms with Gasteiger partial charge in [-0.1, -0.05) is 0 Å². The number of hydrogen-bond donors (Lipinski definition) is 0. The molecule has 8 nitrogen and oxygen atoms in total. The van der Waals surface area contributed by atoms with Crippen LogP contribution < -0.4 is 4.90 Å². The van der Waals surface area contributed by atoms with Gasteiger partial charge in [0, 0.05) is 45.1 Å². The second-order valence-corrected chi connectivity index (χ2v) is 6.18. The Bertz CT molecular complexity index is 786. The molecular formula is C16H22N8. The van der Waals surface area contributed by atoms with Crippen molar-refractivity contribution in [2.24, 2.45) is 0 Å². The monoisotopic (exact) mass is 326 g/mol. The predicted octanol–water partition coefficient (Wildman–Crippen LogP) is 0.842. The highest BCUT2D eigenvalue weighted by atomic mass is 15.4. The summed E-state index contributed by atoms with van der Waals surface area (Å²) in [5, 5.41) is 4.49. The lowest BCUT2D eigenvalue weighted by Gasteiger charge is -2.35. The van der Waals surface area contributed by atoms with Crippen LogP contribution in [-0.2, 0) is 6.54 Å². The van der Waals surface area contributed by atoms with Crippen LogP contribution in [0.1, 0.15) is 12.2 Å². The van der Waals surface area contributed by atoms with Crippen molar-refractivity contribution in [3.8, 4) is 0 Å². The fourth-order valence-corrected chi connectivity index (χ4v) is 3.22. The second-order valence-electron chi connectivity index (χ2n) is 6.18. The molecule has 0 unspecified atom stereocenters. The number of imidazole rings is 1. The number of aryl methyl sites for hydroxylation is 2. The first-order valence-corrected chi connectivity index (χ1v) is 8.40. The van der Waals surface area contributed by atoms with Gasteiger partial charge in [-0.2, -0.15) is 4.52 Å². The Labute approximate surface area is 140 Å². The number of aromatic nitrogens is 6. The van der Waals surface area contributed by atoms with Gasteiger partial charge in [-0.05, 0) is 19.9 Å². The van der Waals surface area contributed by atoms with E-state index in [1.807, 2.05) is 36.4 Å². The Hall–Kier alpha value is -2.48. The van der Waals surface area contributed by atoms with E-state index in [1.165, 1.54) is 0 Å². The van der Waals surface area contributed by atoms with Gasteiger partial charge >= 0.3 is 0 Å². The number of rotatable bonds is 5. The highest BCUT2D eigenvalue weighted by Gasteiger charge is 2.19. The van der Waals surface area contributed by atoms with E-state index in [-0.39, 0.29) is 0 Å². The SMILES string of the molecule is Cc1nc2cncc(N3CCN(CCCn4ccnc4)CC3)n2n1. The summed E-state index contributed by atoms with van der Waals surface area (Å²) in [4.78, 5) is 17.7. The molecule has 1 fully saturated rings. The molecule has 0 spiro atoms. The van der Waals surface area contributed by atoms with E-state index in [0.717, 1.165) is 63.0 Å². The van der Waals surface area contributed by atoms with E-state index in [1.54, 1.807) is 6.20 Å². The Kier molecular flexibility index (Phi) is 4.12. The molecule has 0 amide bonds. The zero-order chi connectivity index (χ0) is 16.4. The van der Waals surface area contributed by atoms with Crippen molar-refractivity contribution in [2.45, 2.75) is 19.9 Å². The van der Waals surface area contributed by atoms with E-state index in [9.17, 15) is 0 Å². The maximum atomic E-state index is 4.49. The van der Waals surface area contributed by atoms with Gasteiger partial charge in [-0.25, -0.2) is 9.97 Å². The van der Waals surface area contributed by atoms with Gasteiger partial charge in [0.25, 0.3) is 0 Å². The average molecular weight is 326 g/mol. The number of fused-ring (bicyclic) bond motifs is 1. The van der Waals surface area contributed by atoms with Gasteiger partial charge in [0.15, 0.2) is 11.5 Å². The molecule has 0 radical (unpaired) electrons. The fraction of sp³-hybridized carbons (Fsp3) is 0.500. The molecule has 4 rings (SSSR count). The van der Waals surface area contributed by atoms with E-state index < -0.39 is 0 Å². The second kappa shape index (κ2) is 6.56. The molecule has 3 aromatic heterocycles. The van der Waals surface area contributed by atoms with Crippen molar-refractivity contribution in [3.05, 3.63) is 36.9 Å². The van der Waals surface area contributed by atoms with Gasteiger partial charge in [0.05, 0.1) is 18.7 Å². The molecule has 126 valence electrons. The van der Waals surface area contributed by atoms with Crippen LogP contribution in [0.4, 0.5) is 5.82 Å². The minimum Gasteiger partial charge on any atom is -0.353 e. The molecule has 0 atom stereocenters. The molecular weight excluding hydrogens is 304 g/mol. The lowest BCUT2D eigenvalue weighted by Crippen LogP contribution is -2.47. The van der Waals surface area contributed by atoms with E-state index >= 15 is 0 Å². The minimum atomic E-state index is 0.780. The first-order valence-electron chi connectivity index (χ1n) is 8.40. The zero-order valence-electron chi connectivity index (χ0n) is 13.9. The zero-order valence-corrected chi connectivity index (χ0v) is 13.9. The Morgan fingerprint density at radius 3 is 2.71 bits per heavy atom. The van der Waals surface area contributed by atoms with Gasteiger partial charge in [0.1, 0.15) is 5.82 Å². The van der Waals surface area contributed by atoms with Crippen molar-refractivity contribution >= 4 is 11.5 Å². The molecule has 0 aromatic carbocycles. The number of anilines is 1. The largest absolute Gasteiger partial charge is 0.353 e. The third-order valence-corrected chi connectivity index (χ3v) is 4.48. The molecule has 1 aliphatic rings. The Balaban J connectivity index is 1.33. The molecule has 24 heavy (non-hydrogen) atoms. The van der Waals surface area contributed by atoms with Crippen LogP contribution in [0.15, 0.2) is 31.1 Å². The first kappa shape index (κ1) is 15.1. The lowest BCUT2D eigenvalue weighted by molar-refractivity contribution is 0.249. The number of piperazine rings is 1. The molecule has 0 saturated carbocycles. The molecule has 1 aliphatic heterocycles. The third kappa shape index (κ3) is 3.09. The maximum Gasteiger partial charge on any atom is 0.176 e. The Morgan fingerprint density at radius 1 is 1.04 bits per heavy atom. The molecule has 0 bridgehead atoms. The van der Waals surface area contributed by atoms with E-state index in [0.29, 0.717) is 0 Å². The van der Waals surface area contributed by atoms with Crippen molar-refractivity contribution < 1.29 is 0 Å². The summed E-state index contributed by atoms with van der Waals surface area (Å²) in [5.74, 6) is 1.81. The Morgan fingerprint density at radius 2 is 1.92 bits per heavy atom. The molecule has 3 aromatic rings. The first-order chi connectivity index (χ1) is 11.8. The highest BCUT2D eigenvalue weighted by molar-refractivity contribution is 5.47. The molecule has 0 aliphatic carbocycles. The molecule has 8 heteroatoms. The van der Waals surface area contributed by atoms with Gasteiger partial charge in [-0.15, -0.1) is 5.10 Å². The quantitative estimate of drug-likeness (QED) is 0.692. The molecule has 4 heterocycles. The lowest BCUT2D eigenvalue weighted by atomic mass is 10.3. The summed E-state index contributed by atoms with van der Waals surface area (Å²) in [6.45, 7) is 8.17. The van der Waals surface area contributed by atoms with Crippen molar-refractivity contribution in [2.75, 3.05) is 37.6 Å². The molecule has 0 N–H and O–H groups in total. The normalized spacial score (nSPS) is 16.1. The van der Waals surface area contributed by atoms with Crippen LogP contribution in [-0.4, -0.2) is 66.8 Å². The summed E-state index contributed by atoms with van der Waals surface area (Å²) in [5.41, 5.74) is 0.813. The van der Waals surface area contributed by atoms with Crippen LogP contribution >= 0.6 is 0 Å². The van der Waals surface area contributed by atoms with Crippen LogP contribution in [0, 0.1) is 6.92 Å². The smallest absolute Gasteiger partial charge is 0.176 e. The topological polar surface area (TPSA) is 67.4 Å².